The topological polar surface area (TPSA) is 70.6 Å². The van der Waals surface area contributed by atoms with Gasteiger partial charge in [0, 0.05) is 44.2 Å². The normalized spacial score (nSPS) is 15.0. The number of hydrogen-bond acceptors (Lipinski definition) is 5. The van der Waals surface area contributed by atoms with E-state index >= 15 is 0 Å². The molecule has 1 saturated heterocycles. The molecule has 28 heavy (non-hydrogen) atoms. The summed E-state index contributed by atoms with van der Waals surface area (Å²) < 4.78 is 22.6. The highest BCUT2D eigenvalue weighted by Crippen LogP contribution is 2.20. The third-order valence-electron chi connectivity index (χ3n) is 5.02. The third kappa shape index (κ3) is 5.10. The summed E-state index contributed by atoms with van der Waals surface area (Å²) in [6, 6.07) is 9.39. The van der Waals surface area contributed by atoms with E-state index in [0.29, 0.717) is 25.1 Å². The molecule has 1 aliphatic rings. The molecule has 0 bridgehead atoms. The summed E-state index contributed by atoms with van der Waals surface area (Å²) in [5.41, 5.74) is 3.87. The van der Waals surface area contributed by atoms with E-state index < -0.39 is 9.84 Å². The van der Waals surface area contributed by atoms with E-state index in [2.05, 4.69) is 22.9 Å². The van der Waals surface area contributed by atoms with E-state index in [1.54, 1.807) is 12.1 Å². The summed E-state index contributed by atoms with van der Waals surface area (Å²) in [6.45, 7) is 6.93. The number of nitrogens with zero attached hydrogens (tertiary/aromatic N) is 3. The van der Waals surface area contributed by atoms with Crippen molar-refractivity contribution in [2.45, 2.75) is 20.3 Å². The van der Waals surface area contributed by atoms with Gasteiger partial charge in [0.25, 0.3) is 5.91 Å². The first-order valence-corrected chi connectivity index (χ1v) is 11.5. The van der Waals surface area contributed by atoms with Crippen molar-refractivity contribution in [2.24, 2.45) is 0 Å². The Morgan fingerprint density at radius 3 is 2.29 bits per heavy atom. The van der Waals surface area contributed by atoms with Crippen LogP contribution in [0.15, 0.2) is 36.5 Å². The fourth-order valence-electron chi connectivity index (χ4n) is 3.46. The molecule has 0 N–H and O–H groups in total. The number of aryl methyl sites for hydroxylation is 3. The SMILES string of the molecule is Cc1cnc(N2CCN(C(=O)c3ccc(CCS(C)(=O)=O)cc3)CC2)c(C)c1. The van der Waals surface area contributed by atoms with E-state index in [9.17, 15) is 13.2 Å². The molecule has 2 heterocycles. The van der Waals surface area contributed by atoms with E-state index in [4.69, 9.17) is 0 Å². The number of piperazine rings is 1. The van der Waals surface area contributed by atoms with Gasteiger partial charge in [-0.15, -0.1) is 0 Å². The molecule has 6 nitrogen and oxygen atoms in total. The molecule has 0 radical (unpaired) electrons. The molecular formula is C21H27N3O3S. The first kappa shape index (κ1) is 20.3. The van der Waals surface area contributed by atoms with Crippen LogP contribution in [0.25, 0.3) is 0 Å². The molecule has 2 aromatic rings. The van der Waals surface area contributed by atoms with Crippen LogP contribution in [0.2, 0.25) is 0 Å². The highest BCUT2D eigenvalue weighted by Gasteiger charge is 2.23. The summed E-state index contributed by atoms with van der Waals surface area (Å²) in [5, 5.41) is 0. The van der Waals surface area contributed by atoms with Crippen molar-refractivity contribution >= 4 is 21.6 Å². The lowest BCUT2D eigenvalue weighted by Gasteiger charge is -2.36. The smallest absolute Gasteiger partial charge is 0.253 e. The van der Waals surface area contributed by atoms with Gasteiger partial charge >= 0.3 is 0 Å². The van der Waals surface area contributed by atoms with Gasteiger partial charge in [0.1, 0.15) is 15.7 Å². The van der Waals surface area contributed by atoms with Gasteiger partial charge in [0.2, 0.25) is 0 Å². The molecule has 1 fully saturated rings. The fourth-order valence-corrected chi connectivity index (χ4v) is 4.07. The Morgan fingerprint density at radius 2 is 1.71 bits per heavy atom. The Hall–Kier alpha value is -2.41. The van der Waals surface area contributed by atoms with Crippen LogP contribution in [0.5, 0.6) is 0 Å². The zero-order chi connectivity index (χ0) is 20.3. The van der Waals surface area contributed by atoms with Gasteiger partial charge in [-0.3, -0.25) is 4.79 Å². The van der Waals surface area contributed by atoms with Gasteiger partial charge in [-0.2, -0.15) is 0 Å². The number of anilines is 1. The number of sulfone groups is 1. The number of aromatic nitrogens is 1. The Kier molecular flexibility index (Phi) is 6.03. The number of rotatable bonds is 5. The van der Waals surface area contributed by atoms with Crippen LogP contribution in [0.3, 0.4) is 0 Å². The minimum absolute atomic E-state index is 0.0166. The molecular weight excluding hydrogens is 374 g/mol. The van der Waals surface area contributed by atoms with Crippen molar-refractivity contribution in [2.75, 3.05) is 43.1 Å². The van der Waals surface area contributed by atoms with Crippen molar-refractivity contribution in [1.82, 2.24) is 9.88 Å². The van der Waals surface area contributed by atoms with Crippen LogP contribution >= 0.6 is 0 Å². The number of amides is 1. The molecule has 1 aromatic carbocycles. The zero-order valence-electron chi connectivity index (χ0n) is 16.7. The average Bonchev–Trinajstić information content (AvgIpc) is 2.66. The second-order valence-electron chi connectivity index (χ2n) is 7.51. The zero-order valence-corrected chi connectivity index (χ0v) is 17.5. The Morgan fingerprint density at radius 1 is 1.07 bits per heavy atom. The molecule has 1 aliphatic heterocycles. The molecule has 0 saturated carbocycles. The molecule has 1 aromatic heterocycles. The van der Waals surface area contributed by atoms with Crippen molar-refractivity contribution in [3.8, 4) is 0 Å². The number of hydrogen-bond donors (Lipinski definition) is 0. The van der Waals surface area contributed by atoms with Gasteiger partial charge in [-0.25, -0.2) is 13.4 Å². The highest BCUT2D eigenvalue weighted by molar-refractivity contribution is 7.90. The Bertz CT molecular complexity index is 947. The van der Waals surface area contributed by atoms with Gasteiger partial charge in [-0.1, -0.05) is 18.2 Å². The molecule has 7 heteroatoms. The lowest BCUT2D eigenvalue weighted by molar-refractivity contribution is 0.0746. The number of carbonyl (C=O) groups is 1. The molecule has 3 rings (SSSR count). The quantitative estimate of drug-likeness (QED) is 0.769. The average molecular weight is 402 g/mol. The van der Waals surface area contributed by atoms with Crippen LogP contribution in [0, 0.1) is 13.8 Å². The maximum Gasteiger partial charge on any atom is 0.253 e. The standard InChI is InChI=1S/C21H27N3O3S/c1-16-14-17(2)20(22-15-16)23-9-11-24(12-10-23)21(25)19-6-4-18(5-7-19)8-13-28(3,26)27/h4-7,14-15H,8-13H2,1-3H3. The Labute approximate surface area is 167 Å². The molecule has 150 valence electrons. The monoisotopic (exact) mass is 401 g/mol. The summed E-state index contributed by atoms with van der Waals surface area (Å²) in [4.78, 5) is 21.4. The summed E-state index contributed by atoms with van der Waals surface area (Å²) >= 11 is 0. The lowest BCUT2D eigenvalue weighted by atomic mass is 10.1. The first-order chi connectivity index (χ1) is 13.2. The maximum absolute atomic E-state index is 12.8. The van der Waals surface area contributed by atoms with E-state index in [-0.39, 0.29) is 11.7 Å². The molecule has 0 atom stereocenters. The summed E-state index contributed by atoms with van der Waals surface area (Å²) in [5.74, 6) is 1.13. The predicted molar refractivity (Wildman–Crippen MR) is 112 cm³/mol. The summed E-state index contributed by atoms with van der Waals surface area (Å²) in [7, 11) is -2.98. The minimum Gasteiger partial charge on any atom is -0.353 e. The molecule has 0 spiro atoms. The number of carbonyl (C=O) groups excluding carboxylic acids is 1. The fraction of sp³-hybridized carbons (Fsp3) is 0.429. The van der Waals surface area contributed by atoms with Gasteiger partial charge < -0.3 is 9.80 Å². The van der Waals surface area contributed by atoms with E-state index in [1.807, 2.05) is 30.2 Å². The van der Waals surface area contributed by atoms with Crippen molar-refractivity contribution in [1.29, 1.82) is 0 Å². The van der Waals surface area contributed by atoms with Crippen LogP contribution < -0.4 is 4.90 Å². The summed E-state index contributed by atoms with van der Waals surface area (Å²) in [6.07, 6.45) is 3.58. The van der Waals surface area contributed by atoms with Gasteiger partial charge in [0.15, 0.2) is 0 Å². The number of pyridine rings is 1. The van der Waals surface area contributed by atoms with Crippen molar-refractivity contribution < 1.29 is 13.2 Å². The van der Waals surface area contributed by atoms with Crippen LogP contribution in [0.1, 0.15) is 27.0 Å². The van der Waals surface area contributed by atoms with Crippen LogP contribution in [-0.4, -0.2) is 62.4 Å². The molecule has 1 amide bonds. The maximum atomic E-state index is 12.8. The molecule has 0 unspecified atom stereocenters. The van der Waals surface area contributed by atoms with Crippen molar-refractivity contribution in [3.63, 3.8) is 0 Å². The van der Waals surface area contributed by atoms with Gasteiger partial charge in [-0.05, 0) is 49.1 Å². The largest absolute Gasteiger partial charge is 0.353 e. The lowest BCUT2D eigenvalue weighted by Crippen LogP contribution is -2.49. The molecule has 0 aliphatic carbocycles. The van der Waals surface area contributed by atoms with E-state index in [0.717, 1.165) is 35.6 Å². The first-order valence-electron chi connectivity index (χ1n) is 9.47. The number of benzene rings is 1. The minimum atomic E-state index is -2.98. The van der Waals surface area contributed by atoms with Crippen molar-refractivity contribution in [3.05, 3.63) is 58.8 Å². The highest BCUT2D eigenvalue weighted by atomic mass is 32.2. The van der Waals surface area contributed by atoms with E-state index in [1.165, 1.54) is 6.26 Å². The predicted octanol–water partition coefficient (Wildman–Crippen LogP) is 2.25. The second-order valence-corrected chi connectivity index (χ2v) is 9.77. The second kappa shape index (κ2) is 8.31. The Balaban J connectivity index is 1.59. The van der Waals surface area contributed by atoms with Crippen LogP contribution in [0.4, 0.5) is 5.82 Å². The van der Waals surface area contributed by atoms with Gasteiger partial charge in [0.05, 0.1) is 5.75 Å². The van der Waals surface area contributed by atoms with Crippen LogP contribution in [-0.2, 0) is 16.3 Å². The third-order valence-corrected chi connectivity index (χ3v) is 5.96.